The van der Waals surface area contributed by atoms with Gasteiger partial charge in [0.1, 0.15) is 0 Å². The van der Waals surface area contributed by atoms with Gasteiger partial charge in [0.2, 0.25) is 10.0 Å². The minimum Gasteiger partial charge on any atom is -0.370 e. The first-order valence-corrected chi connectivity index (χ1v) is 7.11. The molecule has 0 atom stereocenters. The number of sulfonamides is 1. The van der Waals surface area contributed by atoms with Crippen LogP contribution in [0.4, 0.5) is 0 Å². The molecule has 16 heavy (non-hydrogen) atoms. The van der Waals surface area contributed by atoms with Crippen molar-refractivity contribution < 1.29 is 8.42 Å². The lowest BCUT2D eigenvalue weighted by Crippen LogP contribution is -2.35. The van der Waals surface area contributed by atoms with Crippen LogP contribution in [-0.4, -0.2) is 38.8 Å². The zero-order chi connectivity index (χ0) is 12.2. The van der Waals surface area contributed by atoms with Gasteiger partial charge in [-0.15, -0.1) is 0 Å². The Morgan fingerprint density at radius 1 is 1.50 bits per heavy atom. The lowest BCUT2D eigenvalue weighted by atomic mass is 10.4. The monoisotopic (exact) mass is 248 g/mol. The van der Waals surface area contributed by atoms with E-state index in [2.05, 4.69) is 15.0 Å². The fourth-order valence-electron chi connectivity index (χ4n) is 1.19. The van der Waals surface area contributed by atoms with Gasteiger partial charge in [-0.1, -0.05) is 0 Å². The number of rotatable bonds is 6. The van der Waals surface area contributed by atoms with Crippen LogP contribution in [0.2, 0.25) is 0 Å². The number of guanidine groups is 1. The van der Waals surface area contributed by atoms with E-state index in [1.165, 1.54) is 0 Å². The van der Waals surface area contributed by atoms with Gasteiger partial charge in [0.15, 0.2) is 5.96 Å². The summed E-state index contributed by atoms with van der Waals surface area (Å²) in [7, 11) is -3.23. The van der Waals surface area contributed by atoms with Gasteiger partial charge in [-0.05, 0) is 26.7 Å². The largest absolute Gasteiger partial charge is 0.370 e. The molecule has 0 aromatic heterocycles. The molecule has 0 aliphatic heterocycles. The highest BCUT2D eigenvalue weighted by molar-refractivity contribution is 7.89. The zero-order valence-corrected chi connectivity index (χ0v) is 10.5. The quantitative estimate of drug-likeness (QED) is 0.431. The van der Waals surface area contributed by atoms with Crippen molar-refractivity contribution in [3.63, 3.8) is 0 Å². The fourth-order valence-corrected chi connectivity index (χ4v) is 2.35. The molecular weight excluding hydrogens is 228 g/mol. The van der Waals surface area contributed by atoms with Crippen LogP contribution in [-0.2, 0) is 10.0 Å². The molecule has 0 heterocycles. The molecule has 0 amide bonds. The Kier molecular flexibility index (Phi) is 4.55. The highest BCUT2D eigenvalue weighted by atomic mass is 32.2. The molecule has 0 saturated heterocycles. The number of nitrogens with two attached hydrogens (primary N) is 1. The lowest BCUT2D eigenvalue weighted by Gasteiger charge is -2.08. The number of aliphatic imine (C=N–C) groups is 1. The van der Waals surface area contributed by atoms with Crippen LogP contribution in [0.1, 0.15) is 26.7 Å². The Morgan fingerprint density at radius 2 is 2.12 bits per heavy atom. The summed E-state index contributed by atoms with van der Waals surface area (Å²) >= 11 is 0. The SMILES string of the molecule is CC(C)NS(=O)(=O)CCN=C(N)NC1CC1. The summed E-state index contributed by atoms with van der Waals surface area (Å²) in [5.74, 6) is 0.306. The van der Waals surface area contributed by atoms with Crippen LogP contribution < -0.4 is 15.8 Å². The molecule has 94 valence electrons. The third-order valence-corrected chi connectivity index (χ3v) is 3.54. The molecule has 1 rings (SSSR count). The van der Waals surface area contributed by atoms with Crippen molar-refractivity contribution in [2.45, 2.75) is 38.8 Å². The molecule has 0 unspecified atom stereocenters. The van der Waals surface area contributed by atoms with E-state index in [1.54, 1.807) is 13.8 Å². The van der Waals surface area contributed by atoms with Crippen LogP contribution in [0.5, 0.6) is 0 Å². The summed E-state index contributed by atoms with van der Waals surface area (Å²) in [4.78, 5) is 3.96. The second-order valence-electron chi connectivity index (χ2n) is 4.28. The third-order valence-electron chi connectivity index (χ3n) is 1.99. The summed E-state index contributed by atoms with van der Waals surface area (Å²) < 4.78 is 25.3. The van der Waals surface area contributed by atoms with Crippen molar-refractivity contribution in [1.82, 2.24) is 10.0 Å². The maximum absolute atomic E-state index is 11.4. The van der Waals surface area contributed by atoms with Crippen molar-refractivity contribution in [3.8, 4) is 0 Å². The molecule has 1 aliphatic rings. The fraction of sp³-hybridized carbons (Fsp3) is 0.889. The molecule has 0 radical (unpaired) electrons. The highest BCUT2D eigenvalue weighted by Crippen LogP contribution is 2.17. The second-order valence-corrected chi connectivity index (χ2v) is 6.15. The summed E-state index contributed by atoms with van der Waals surface area (Å²) in [6.07, 6.45) is 2.23. The van der Waals surface area contributed by atoms with Gasteiger partial charge in [-0.2, -0.15) is 0 Å². The normalized spacial score (nSPS) is 17.8. The van der Waals surface area contributed by atoms with Crippen molar-refractivity contribution in [3.05, 3.63) is 0 Å². The Bertz CT molecular complexity index is 347. The smallest absolute Gasteiger partial charge is 0.213 e. The van der Waals surface area contributed by atoms with Crippen LogP contribution in [0, 0.1) is 0 Å². The maximum atomic E-state index is 11.4. The van der Waals surface area contributed by atoms with Crippen molar-refractivity contribution in [1.29, 1.82) is 0 Å². The number of hydrogen-bond acceptors (Lipinski definition) is 3. The molecule has 7 heteroatoms. The third kappa shape index (κ3) is 5.92. The van der Waals surface area contributed by atoms with Crippen LogP contribution in [0.3, 0.4) is 0 Å². The van der Waals surface area contributed by atoms with Gasteiger partial charge in [-0.3, -0.25) is 4.99 Å². The zero-order valence-electron chi connectivity index (χ0n) is 9.73. The van der Waals surface area contributed by atoms with E-state index >= 15 is 0 Å². The molecule has 4 N–H and O–H groups in total. The summed E-state index contributed by atoms with van der Waals surface area (Å²) in [6, 6.07) is 0.352. The molecule has 0 spiro atoms. The van der Waals surface area contributed by atoms with Crippen LogP contribution >= 0.6 is 0 Å². The predicted molar refractivity (Wildman–Crippen MR) is 64.7 cm³/mol. The summed E-state index contributed by atoms with van der Waals surface area (Å²) in [5.41, 5.74) is 5.57. The number of hydrogen-bond donors (Lipinski definition) is 3. The van der Waals surface area contributed by atoms with E-state index in [4.69, 9.17) is 5.73 Å². The topological polar surface area (TPSA) is 96.6 Å². The first kappa shape index (κ1) is 13.2. The van der Waals surface area contributed by atoms with Crippen molar-refractivity contribution in [2.75, 3.05) is 12.3 Å². The van der Waals surface area contributed by atoms with Crippen LogP contribution in [0.25, 0.3) is 0 Å². The molecule has 1 fully saturated rings. The van der Waals surface area contributed by atoms with Crippen molar-refractivity contribution >= 4 is 16.0 Å². The lowest BCUT2D eigenvalue weighted by molar-refractivity contribution is 0.570. The standard InChI is InChI=1S/C9H20N4O2S/c1-7(2)13-16(14,15)6-5-11-9(10)12-8-3-4-8/h7-8,13H,3-6H2,1-2H3,(H3,10,11,12). The maximum Gasteiger partial charge on any atom is 0.213 e. The second kappa shape index (κ2) is 5.49. The molecule has 1 saturated carbocycles. The summed E-state index contributed by atoms with van der Waals surface area (Å²) in [5, 5.41) is 2.99. The molecule has 1 aliphatic carbocycles. The highest BCUT2D eigenvalue weighted by Gasteiger charge is 2.21. The Labute approximate surface area is 96.7 Å². The van der Waals surface area contributed by atoms with E-state index in [-0.39, 0.29) is 18.3 Å². The van der Waals surface area contributed by atoms with E-state index in [0.29, 0.717) is 12.0 Å². The minimum atomic E-state index is -3.23. The predicted octanol–water partition coefficient (Wildman–Crippen LogP) is -0.619. The average molecular weight is 248 g/mol. The molecule has 0 bridgehead atoms. The Morgan fingerprint density at radius 3 is 2.62 bits per heavy atom. The molecule has 0 aromatic rings. The first-order chi connectivity index (χ1) is 7.39. The molecular formula is C9H20N4O2S. The minimum absolute atomic E-state index is 0.0295. The van der Waals surface area contributed by atoms with Gasteiger partial charge in [0, 0.05) is 12.1 Å². The van der Waals surface area contributed by atoms with Gasteiger partial charge in [-0.25, -0.2) is 13.1 Å². The van der Waals surface area contributed by atoms with Gasteiger partial charge < -0.3 is 11.1 Å². The van der Waals surface area contributed by atoms with Crippen LogP contribution in [0.15, 0.2) is 4.99 Å². The van der Waals surface area contributed by atoms with Crippen molar-refractivity contribution in [2.24, 2.45) is 10.7 Å². The van der Waals surface area contributed by atoms with Gasteiger partial charge >= 0.3 is 0 Å². The average Bonchev–Trinajstić information content (AvgIpc) is 2.84. The Hall–Kier alpha value is -0.820. The first-order valence-electron chi connectivity index (χ1n) is 5.45. The van der Waals surface area contributed by atoms with E-state index in [1.807, 2.05) is 0 Å². The number of nitrogens with zero attached hydrogens (tertiary/aromatic N) is 1. The van der Waals surface area contributed by atoms with Gasteiger partial charge in [0.25, 0.3) is 0 Å². The molecule has 0 aromatic carbocycles. The molecule has 6 nitrogen and oxygen atoms in total. The Balaban J connectivity index is 2.27. The van der Waals surface area contributed by atoms with Gasteiger partial charge in [0.05, 0.1) is 12.3 Å². The van der Waals surface area contributed by atoms with E-state index in [9.17, 15) is 8.42 Å². The van der Waals surface area contributed by atoms with E-state index in [0.717, 1.165) is 12.8 Å². The number of nitrogens with one attached hydrogen (secondary N) is 2. The van der Waals surface area contributed by atoms with E-state index < -0.39 is 10.0 Å². The summed E-state index contributed by atoms with van der Waals surface area (Å²) in [6.45, 7) is 3.75.